The number of carboxylic acids is 1. The summed E-state index contributed by atoms with van der Waals surface area (Å²) in [4.78, 5) is 61.7. The lowest BCUT2D eigenvalue weighted by molar-refractivity contribution is -0.138. The SMILES string of the molecule is CC(C)(C)OC(=O)N1CCC(CC(=O)O)C1.Cc1cc(CC(=O)CC2CCN(C(=O)OC(C)(C)C)C2)cc(C(F)(F)F)c1.Cc1cc(CC(=O)CC2CCNC2)cc(C(F)(F)F)c1.Cc1cc(N)cc(C(F)(F)F)c1. The molecule has 0 aromatic heterocycles. The van der Waals surface area contributed by atoms with Gasteiger partial charge in [0.2, 0.25) is 0 Å². The molecule has 6 rings (SSSR count). The average molecular weight is 1080 g/mol. The highest BCUT2D eigenvalue weighted by Crippen LogP contribution is 2.34. The van der Waals surface area contributed by atoms with Gasteiger partial charge in [-0.25, -0.2) is 9.59 Å². The number of carbonyl (C=O) groups excluding carboxylic acids is 4. The normalized spacial score (nSPS) is 17.9. The number of amides is 2. The Kier molecular flexibility index (Phi) is 22.6. The summed E-state index contributed by atoms with van der Waals surface area (Å²) in [5.41, 5.74) is 4.56. The van der Waals surface area contributed by atoms with Gasteiger partial charge in [-0.15, -0.1) is 0 Å². The summed E-state index contributed by atoms with van der Waals surface area (Å²) in [6, 6.07) is 11.0. The molecule has 3 fully saturated rings. The number of carbonyl (C=O) groups is 5. The van der Waals surface area contributed by atoms with Gasteiger partial charge in [-0.05, 0) is 172 Å². The van der Waals surface area contributed by atoms with Crippen LogP contribution in [0.1, 0.15) is 125 Å². The Bertz CT molecular complexity index is 2400. The van der Waals surface area contributed by atoms with Crippen molar-refractivity contribution in [2.45, 2.75) is 143 Å². The molecule has 3 saturated heterocycles. The van der Waals surface area contributed by atoms with E-state index in [9.17, 15) is 63.5 Å². The fraction of sp³-hybridized carbons (Fsp3) is 0.574. The first kappa shape index (κ1) is 63.4. The van der Waals surface area contributed by atoms with Crippen molar-refractivity contribution in [3.05, 3.63) is 99.1 Å². The van der Waals surface area contributed by atoms with Crippen molar-refractivity contribution in [3.8, 4) is 0 Å². The molecule has 12 nitrogen and oxygen atoms in total. The van der Waals surface area contributed by atoms with Crippen molar-refractivity contribution >= 4 is 35.4 Å². The van der Waals surface area contributed by atoms with Gasteiger partial charge in [0.1, 0.15) is 22.8 Å². The van der Waals surface area contributed by atoms with Crippen molar-refractivity contribution < 1.29 is 78.1 Å². The molecule has 3 aromatic rings. The number of ether oxygens (including phenoxy) is 2. The van der Waals surface area contributed by atoms with E-state index in [1.54, 1.807) is 63.5 Å². The fourth-order valence-electron chi connectivity index (χ4n) is 8.60. The second-order valence-electron chi connectivity index (χ2n) is 21.5. The number of nitrogen functional groups attached to an aromatic ring is 1. The zero-order valence-electron chi connectivity index (χ0n) is 44.0. The number of halogens is 9. The number of carboxylic acid groups (broad SMARTS) is 1. The van der Waals surface area contributed by atoms with Crippen LogP contribution in [0.3, 0.4) is 0 Å². The minimum absolute atomic E-state index is 0.0110. The number of nitrogens with zero attached hydrogens (tertiary/aromatic N) is 2. The van der Waals surface area contributed by atoms with E-state index in [0.717, 1.165) is 62.3 Å². The average Bonchev–Trinajstić information content (AvgIpc) is 4.02. The summed E-state index contributed by atoms with van der Waals surface area (Å²) in [5.74, 6) is -0.519. The van der Waals surface area contributed by atoms with Crippen LogP contribution in [0.15, 0.2) is 54.6 Å². The maximum atomic E-state index is 12.9. The summed E-state index contributed by atoms with van der Waals surface area (Å²) in [6.07, 6.45) is -10.6. The van der Waals surface area contributed by atoms with Gasteiger partial charge in [0.05, 0.1) is 16.7 Å². The molecule has 21 heteroatoms. The first-order chi connectivity index (χ1) is 34.3. The van der Waals surface area contributed by atoms with Gasteiger partial charge >= 0.3 is 36.7 Å². The molecule has 3 unspecified atom stereocenters. The third-order valence-electron chi connectivity index (χ3n) is 11.7. The molecule has 0 aliphatic carbocycles. The number of benzene rings is 3. The lowest BCUT2D eigenvalue weighted by atomic mass is 9.96. The highest BCUT2D eigenvalue weighted by Gasteiger charge is 2.35. The molecule has 3 atom stereocenters. The van der Waals surface area contributed by atoms with E-state index < -0.39 is 58.5 Å². The van der Waals surface area contributed by atoms with Gasteiger partial charge in [0.25, 0.3) is 0 Å². The van der Waals surface area contributed by atoms with Crippen LogP contribution in [-0.4, -0.2) is 95.1 Å². The molecule has 2 amide bonds. The maximum Gasteiger partial charge on any atom is 0.416 e. The standard InChI is InChI=1S/C20H26F3NO3.C15H18F3NO.C11H19NO4.C8H8F3N/c1-13-7-15(9-16(8-13)20(21,22)23)11-17(25)10-14-5-6-24(12-14)18(26)27-19(2,3)4;1-10-4-12(6-13(5-10)15(16,17)18)8-14(20)7-11-2-3-19-9-11;1-11(2,3)16-10(15)12-5-4-8(7-12)6-9(13)14;1-5-2-6(8(9,10)11)4-7(12)3-5/h7-9,14H,5-6,10-12H2,1-4H3;4-6,11,19H,2-3,7-9H2,1H3;8H,4-7H2,1-3H3,(H,13,14);2-4H,12H2,1H3. The van der Waals surface area contributed by atoms with Crippen LogP contribution in [0.5, 0.6) is 0 Å². The molecule has 0 radical (unpaired) electrons. The van der Waals surface area contributed by atoms with Gasteiger partial charge in [-0.2, -0.15) is 39.5 Å². The summed E-state index contributed by atoms with van der Waals surface area (Å²) in [7, 11) is 0. The van der Waals surface area contributed by atoms with Crippen LogP contribution < -0.4 is 11.1 Å². The Morgan fingerprint density at radius 3 is 1.28 bits per heavy atom. The first-order valence-corrected chi connectivity index (χ1v) is 24.6. The Labute approximate surface area is 432 Å². The number of anilines is 1. The molecule has 0 saturated carbocycles. The van der Waals surface area contributed by atoms with E-state index >= 15 is 0 Å². The number of nitrogens with one attached hydrogen (secondary N) is 1. The van der Waals surface area contributed by atoms with Gasteiger partial charge in [-0.1, -0.05) is 23.3 Å². The van der Waals surface area contributed by atoms with Crippen LogP contribution in [0.4, 0.5) is 54.8 Å². The van der Waals surface area contributed by atoms with E-state index in [1.807, 2.05) is 20.8 Å². The molecular formula is C54H71F9N4O8. The number of hydrogen-bond acceptors (Lipinski definition) is 9. The number of nitrogens with two attached hydrogens (primary N) is 1. The fourth-order valence-corrected chi connectivity index (χ4v) is 8.60. The number of aliphatic carboxylic acids is 1. The molecule has 3 aliphatic rings. The number of hydrogen-bond donors (Lipinski definition) is 3. The molecule has 3 aliphatic heterocycles. The highest BCUT2D eigenvalue weighted by atomic mass is 19.4. The zero-order chi connectivity index (χ0) is 56.9. The summed E-state index contributed by atoms with van der Waals surface area (Å²) >= 11 is 0. The molecule has 3 heterocycles. The molecule has 0 bridgehead atoms. The van der Waals surface area contributed by atoms with E-state index in [2.05, 4.69) is 5.32 Å². The molecule has 75 heavy (non-hydrogen) atoms. The number of ketones is 2. The molecular weight excluding hydrogens is 1000 g/mol. The topological polar surface area (TPSA) is 169 Å². The van der Waals surface area contributed by atoms with E-state index in [-0.39, 0.29) is 60.9 Å². The Hall–Kier alpha value is -5.86. The number of alkyl halides is 9. The van der Waals surface area contributed by atoms with Crippen LogP contribution >= 0.6 is 0 Å². The smallest absolute Gasteiger partial charge is 0.416 e. The Morgan fingerprint density at radius 1 is 0.560 bits per heavy atom. The van der Waals surface area contributed by atoms with Crippen molar-refractivity contribution in [1.82, 2.24) is 15.1 Å². The second-order valence-corrected chi connectivity index (χ2v) is 21.5. The summed E-state index contributed by atoms with van der Waals surface area (Å²) in [6.45, 7) is 19.4. The lowest BCUT2D eigenvalue weighted by Crippen LogP contribution is -2.35. The number of rotatable bonds is 10. The first-order valence-electron chi connectivity index (χ1n) is 24.6. The van der Waals surface area contributed by atoms with Crippen molar-refractivity contribution in [3.63, 3.8) is 0 Å². The van der Waals surface area contributed by atoms with Gasteiger partial charge < -0.3 is 35.4 Å². The number of Topliss-reactive ketones (excluding diaryl/α,β-unsaturated/α-hetero) is 2. The van der Waals surface area contributed by atoms with Crippen molar-refractivity contribution in [2.24, 2.45) is 17.8 Å². The van der Waals surface area contributed by atoms with Crippen molar-refractivity contribution in [1.29, 1.82) is 0 Å². The number of aryl methyl sites for hydroxylation is 3. The molecule has 418 valence electrons. The van der Waals surface area contributed by atoms with Gasteiger partial charge in [-0.3, -0.25) is 14.4 Å². The highest BCUT2D eigenvalue weighted by molar-refractivity contribution is 5.82. The third kappa shape index (κ3) is 24.1. The summed E-state index contributed by atoms with van der Waals surface area (Å²) < 4.78 is 124. The van der Waals surface area contributed by atoms with Crippen molar-refractivity contribution in [2.75, 3.05) is 45.0 Å². The van der Waals surface area contributed by atoms with E-state index in [0.29, 0.717) is 72.8 Å². The Balaban J connectivity index is 0.000000275. The van der Waals surface area contributed by atoms with Gasteiger partial charge in [0.15, 0.2) is 0 Å². The van der Waals surface area contributed by atoms with Crippen LogP contribution in [0.2, 0.25) is 0 Å². The third-order valence-corrected chi connectivity index (χ3v) is 11.7. The summed E-state index contributed by atoms with van der Waals surface area (Å²) in [5, 5.41) is 11.8. The lowest BCUT2D eigenvalue weighted by Gasteiger charge is -2.24. The Morgan fingerprint density at radius 2 is 0.933 bits per heavy atom. The minimum Gasteiger partial charge on any atom is -0.481 e. The zero-order valence-corrected chi connectivity index (χ0v) is 44.0. The van der Waals surface area contributed by atoms with E-state index in [1.165, 1.54) is 6.07 Å². The number of likely N-dealkylation sites (tertiary alicyclic amines) is 2. The molecule has 3 aromatic carbocycles. The quantitative estimate of drug-likeness (QED) is 0.131. The van der Waals surface area contributed by atoms with Crippen LogP contribution in [-0.2, 0) is 55.2 Å². The maximum absolute atomic E-state index is 12.9. The van der Waals surface area contributed by atoms with Crippen LogP contribution in [0.25, 0.3) is 0 Å². The monoisotopic (exact) mass is 1070 g/mol. The predicted molar refractivity (Wildman–Crippen MR) is 265 cm³/mol. The van der Waals surface area contributed by atoms with Gasteiger partial charge in [0, 0.05) is 64.0 Å². The molecule has 0 spiro atoms. The largest absolute Gasteiger partial charge is 0.481 e. The second kappa shape index (κ2) is 26.8. The van der Waals surface area contributed by atoms with E-state index in [4.69, 9.17) is 20.3 Å². The van der Waals surface area contributed by atoms with Crippen LogP contribution in [0, 0.1) is 38.5 Å². The predicted octanol–water partition coefficient (Wildman–Crippen LogP) is 12.2. The minimum atomic E-state index is -4.43. The molecule has 4 N–H and O–H groups in total.